The van der Waals surface area contributed by atoms with E-state index in [1.165, 1.54) is 24.3 Å². The quantitative estimate of drug-likeness (QED) is 0.895. The molecule has 2 rings (SSSR count). The molecule has 1 aliphatic heterocycles. The standard InChI is InChI=1S/C14H17ClN2O4S/c1-9(2)17-8-10(7-13(17)18)14(19)16-22(20,21)12-5-3-11(15)4-6-12/h3-6,9-10H,7-8H2,1-2H3,(H,16,19)/t10-/m0/s1. The van der Waals surface area contributed by atoms with E-state index in [0.29, 0.717) is 5.02 Å². The van der Waals surface area contributed by atoms with Gasteiger partial charge in [-0.1, -0.05) is 11.6 Å². The zero-order valence-electron chi connectivity index (χ0n) is 12.2. The highest BCUT2D eigenvalue weighted by molar-refractivity contribution is 7.90. The molecule has 1 atom stereocenters. The monoisotopic (exact) mass is 344 g/mol. The first kappa shape index (κ1) is 16.8. The number of likely N-dealkylation sites (tertiary alicyclic amines) is 1. The van der Waals surface area contributed by atoms with Crippen LogP contribution in [0.5, 0.6) is 0 Å². The largest absolute Gasteiger partial charge is 0.339 e. The third kappa shape index (κ3) is 3.59. The van der Waals surface area contributed by atoms with Gasteiger partial charge in [0.1, 0.15) is 0 Å². The Kier molecular flexibility index (Phi) is 4.77. The summed E-state index contributed by atoms with van der Waals surface area (Å²) >= 11 is 5.71. The molecule has 8 heteroatoms. The first-order valence-corrected chi connectivity index (χ1v) is 8.68. The van der Waals surface area contributed by atoms with Crippen LogP contribution in [0.25, 0.3) is 0 Å². The molecule has 6 nitrogen and oxygen atoms in total. The number of amides is 2. The van der Waals surface area contributed by atoms with Crippen molar-refractivity contribution in [1.29, 1.82) is 0 Å². The third-order valence-corrected chi connectivity index (χ3v) is 5.13. The lowest BCUT2D eigenvalue weighted by Crippen LogP contribution is -2.38. The summed E-state index contributed by atoms with van der Waals surface area (Å²) in [5, 5.41) is 0.402. The topological polar surface area (TPSA) is 83.6 Å². The average Bonchev–Trinajstić information content (AvgIpc) is 2.81. The number of nitrogens with zero attached hydrogens (tertiary/aromatic N) is 1. The van der Waals surface area contributed by atoms with Gasteiger partial charge in [0.05, 0.1) is 10.8 Å². The number of sulfonamides is 1. The van der Waals surface area contributed by atoms with Crippen LogP contribution in [0.3, 0.4) is 0 Å². The van der Waals surface area contributed by atoms with Gasteiger partial charge in [0, 0.05) is 24.0 Å². The van der Waals surface area contributed by atoms with Crippen LogP contribution >= 0.6 is 11.6 Å². The molecule has 2 amide bonds. The fourth-order valence-corrected chi connectivity index (χ4v) is 3.46. The van der Waals surface area contributed by atoms with Gasteiger partial charge in [-0.15, -0.1) is 0 Å². The van der Waals surface area contributed by atoms with Gasteiger partial charge in [0.2, 0.25) is 11.8 Å². The van der Waals surface area contributed by atoms with Crippen molar-refractivity contribution in [3.05, 3.63) is 29.3 Å². The first-order valence-electron chi connectivity index (χ1n) is 6.82. The van der Waals surface area contributed by atoms with Crippen molar-refractivity contribution in [3.63, 3.8) is 0 Å². The number of nitrogens with one attached hydrogen (secondary N) is 1. The van der Waals surface area contributed by atoms with Crippen LogP contribution in [0.2, 0.25) is 5.02 Å². The Balaban J connectivity index is 2.09. The number of hydrogen-bond donors (Lipinski definition) is 1. The smallest absolute Gasteiger partial charge is 0.264 e. The van der Waals surface area contributed by atoms with Crippen LogP contribution in [0.1, 0.15) is 20.3 Å². The molecule has 1 heterocycles. The van der Waals surface area contributed by atoms with Crippen LogP contribution in [-0.2, 0) is 19.6 Å². The van der Waals surface area contributed by atoms with Gasteiger partial charge in [-0.2, -0.15) is 0 Å². The molecule has 22 heavy (non-hydrogen) atoms. The van der Waals surface area contributed by atoms with Crippen molar-refractivity contribution >= 4 is 33.4 Å². The molecular formula is C14H17ClN2O4S. The molecule has 0 aliphatic carbocycles. The Labute approximate surface area is 134 Å². The molecule has 0 unspecified atom stereocenters. The van der Waals surface area contributed by atoms with Crippen molar-refractivity contribution in [1.82, 2.24) is 9.62 Å². The van der Waals surface area contributed by atoms with E-state index in [0.717, 1.165) is 0 Å². The molecule has 0 saturated carbocycles. The maximum Gasteiger partial charge on any atom is 0.264 e. The summed E-state index contributed by atoms with van der Waals surface area (Å²) in [6.07, 6.45) is 0.0279. The van der Waals surface area contributed by atoms with Gasteiger partial charge in [-0.05, 0) is 38.1 Å². The van der Waals surface area contributed by atoms with E-state index in [1.807, 2.05) is 18.6 Å². The number of benzene rings is 1. The third-order valence-electron chi connectivity index (χ3n) is 3.51. The van der Waals surface area contributed by atoms with Crippen molar-refractivity contribution in [2.24, 2.45) is 5.92 Å². The Morgan fingerprint density at radius 2 is 1.91 bits per heavy atom. The highest BCUT2D eigenvalue weighted by Gasteiger charge is 2.36. The van der Waals surface area contributed by atoms with E-state index in [4.69, 9.17) is 11.6 Å². The van der Waals surface area contributed by atoms with Gasteiger partial charge in [-0.25, -0.2) is 13.1 Å². The van der Waals surface area contributed by atoms with E-state index in [1.54, 1.807) is 4.90 Å². The van der Waals surface area contributed by atoms with Crippen molar-refractivity contribution in [3.8, 4) is 0 Å². The van der Waals surface area contributed by atoms with Crippen molar-refractivity contribution in [2.45, 2.75) is 31.2 Å². The van der Waals surface area contributed by atoms with Crippen LogP contribution in [0.4, 0.5) is 0 Å². The van der Waals surface area contributed by atoms with Crippen LogP contribution in [0.15, 0.2) is 29.2 Å². The van der Waals surface area contributed by atoms with Gasteiger partial charge in [-0.3, -0.25) is 9.59 Å². The number of halogens is 1. The summed E-state index contributed by atoms with van der Waals surface area (Å²) in [6, 6.07) is 5.48. The summed E-state index contributed by atoms with van der Waals surface area (Å²) < 4.78 is 26.3. The number of hydrogen-bond acceptors (Lipinski definition) is 4. The Morgan fingerprint density at radius 1 is 1.32 bits per heavy atom. The zero-order valence-corrected chi connectivity index (χ0v) is 13.8. The Bertz CT molecular complexity index is 685. The molecule has 0 bridgehead atoms. The second kappa shape index (κ2) is 6.26. The van der Waals surface area contributed by atoms with Crippen LogP contribution in [0, 0.1) is 5.92 Å². The Morgan fingerprint density at radius 3 is 2.41 bits per heavy atom. The van der Waals surface area contributed by atoms with E-state index in [-0.39, 0.29) is 29.8 Å². The van der Waals surface area contributed by atoms with E-state index in [9.17, 15) is 18.0 Å². The minimum Gasteiger partial charge on any atom is -0.339 e. The number of carbonyl (C=O) groups is 2. The lowest BCUT2D eigenvalue weighted by Gasteiger charge is -2.20. The van der Waals surface area contributed by atoms with E-state index < -0.39 is 21.8 Å². The van der Waals surface area contributed by atoms with Crippen molar-refractivity contribution < 1.29 is 18.0 Å². The maximum absolute atomic E-state index is 12.1. The second-order valence-electron chi connectivity index (χ2n) is 5.46. The molecule has 1 aromatic carbocycles. The average molecular weight is 345 g/mol. The summed E-state index contributed by atoms with van der Waals surface area (Å²) in [5.41, 5.74) is 0. The highest BCUT2D eigenvalue weighted by atomic mass is 35.5. The molecule has 0 spiro atoms. The maximum atomic E-state index is 12.1. The lowest BCUT2D eigenvalue weighted by atomic mass is 10.1. The van der Waals surface area contributed by atoms with Crippen molar-refractivity contribution in [2.75, 3.05) is 6.54 Å². The number of carbonyl (C=O) groups excluding carboxylic acids is 2. The van der Waals surface area contributed by atoms with Gasteiger partial charge >= 0.3 is 0 Å². The molecule has 0 radical (unpaired) electrons. The molecule has 1 N–H and O–H groups in total. The van der Waals surface area contributed by atoms with Gasteiger partial charge in [0.25, 0.3) is 10.0 Å². The highest BCUT2D eigenvalue weighted by Crippen LogP contribution is 2.21. The summed E-state index contributed by atoms with van der Waals surface area (Å²) in [4.78, 5) is 25.4. The summed E-state index contributed by atoms with van der Waals surface area (Å²) in [7, 11) is -3.96. The van der Waals surface area contributed by atoms with Crippen LogP contribution in [-0.4, -0.2) is 37.7 Å². The molecule has 1 fully saturated rings. The predicted octanol–water partition coefficient (Wildman–Crippen LogP) is 1.40. The van der Waals surface area contributed by atoms with Crippen LogP contribution < -0.4 is 4.72 Å². The Hall–Kier alpha value is -1.60. The molecular weight excluding hydrogens is 328 g/mol. The SMILES string of the molecule is CC(C)N1C[C@@H](C(=O)NS(=O)(=O)c2ccc(Cl)cc2)CC1=O. The van der Waals surface area contributed by atoms with Gasteiger partial charge < -0.3 is 4.90 Å². The predicted molar refractivity (Wildman–Crippen MR) is 81.7 cm³/mol. The normalized spacial score (nSPS) is 18.8. The minimum atomic E-state index is -3.96. The molecule has 1 aliphatic rings. The molecule has 120 valence electrons. The van der Waals surface area contributed by atoms with E-state index >= 15 is 0 Å². The molecule has 1 saturated heterocycles. The van der Waals surface area contributed by atoms with E-state index in [2.05, 4.69) is 0 Å². The molecule has 0 aromatic heterocycles. The first-order chi connectivity index (χ1) is 10.2. The summed E-state index contributed by atoms with van der Waals surface area (Å²) in [6.45, 7) is 3.93. The minimum absolute atomic E-state index is 0.0156. The second-order valence-corrected chi connectivity index (χ2v) is 7.58. The summed E-state index contributed by atoms with van der Waals surface area (Å²) in [5.74, 6) is -1.46. The molecule has 1 aromatic rings. The lowest BCUT2D eigenvalue weighted by molar-refractivity contribution is -0.129. The number of rotatable bonds is 4. The fourth-order valence-electron chi connectivity index (χ4n) is 2.29. The van der Waals surface area contributed by atoms with Gasteiger partial charge in [0.15, 0.2) is 0 Å². The zero-order chi connectivity index (χ0) is 16.5. The fraction of sp³-hybridized carbons (Fsp3) is 0.429.